The topological polar surface area (TPSA) is 55.6 Å². The second-order valence-electron chi connectivity index (χ2n) is 3.85. The number of aryl methyl sites for hydroxylation is 1. The van der Waals surface area contributed by atoms with Gasteiger partial charge in [-0.05, 0) is 12.1 Å². The maximum absolute atomic E-state index is 13.5. The van der Waals surface area contributed by atoms with Gasteiger partial charge in [0.15, 0.2) is 17.0 Å². The minimum atomic E-state index is -0.333. The number of para-hydroxylation sites is 1. The maximum Gasteiger partial charge on any atom is 0.165 e. The molecule has 3 rings (SSSR count). The fourth-order valence-electron chi connectivity index (χ4n) is 1.73. The summed E-state index contributed by atoms with van der Waals surface area (Å²) in [4.78, 5) is 12.4. The molecular formula is C12H10FN5. The third-order valence-electron chi connectivity index (χ3n) is 2.62. The highest BCUT2D eigenvalue weighted by molar-refractivity contribution is 5.84. The molecular weight excluding hydrogens is 233 g/mol. The van der Waals surface area contributed by atoms with Crippen molar-refractivity contribution in [3.63, 3.8) is 0 Å². The number of aromatic nitrogens is 4. The molecule has 2 aromatic heterocycles. The number of nitrogens with zero attached hydrogens (tertiary/aromatic N) is 4. The monoisotopic (exact) mass is 243 g/mol. The molecule has 0 aliphatic carbocycles. The second-order valence-corrected chi connectivity index (χ2v) is 3.85. The van der Waals surface area contributed by atoms with Gasteiger partial charge in [-0.1, -0.05) is 12.1 Å². The number of fused-ring (bicyclic) bond motifs is 1. The highest BCUT2D eigenvalue weighted by Gasteiger charge is 2.09. The van der Waals surface area contributed by atoms with Crippen LogP contribution in [0.5, 0.6) is 0 Å². The Bertz CT molecular complexity index is 707. The first-order chi connectivity index (χ1) is 8.75. The number of nitrogens with one attached hydrogen (secondary N) is 1. The molecule has 3 aromatic rings. The lowest BCUT2D eigenvalue weighted by atomic mass is 10.3. The minimum Gasteiger partial charge on any atom is -0.336 e. The van der Waals surface area contributed by atoms with E-state index in [9.17, 15) is 4.39 Å². The van der Waals surface area contributed by atoms with Crippen LogP contribution in [0.3, 0.4) is 0 Å². The van der Waals surface area contributed by atoms with Gasteiger partial charge >= 0.3 is 0 Å². The fraction of sp³-hybridized carbons (Fsp3) is 0.0833. The average Bonchev–Trinajstić information content (AvgIpc) is 2.76. The van der Waals surface area contributed by atoms with Gasteiger partial charge in [-0.25, -0.2) is 19.3 Å². The summed E-state index contributed by atoms with van der Waals surface area (Å²) in [6, 6.07) is 6.42. The number of anilines is 2. The molecule has 0 fully saturated rings. The van der Waals surface area contributed by atoms with E-state index in [1.165, 1.54) is 12.4 Å². The number of hydrogen-bond donors (Lipinski definition) is 1. The number of hydrogen-bond acceptors (Lipinski definition) is 4. The Morgan fingerprint density at radius 1 is 1.17 bits per heavy atom. The van der Waals surface area contributed by atoms with E-state index in [1.54, 1.807) is 29.1 Å². The molecule has 0 saturated heterocycles. The lowest BCUT2D eigenvalue weighted by molar-refractivity contribution is 0.632. The molecule has 0 radical (unpaired) electrons. The highest BCUT2D eigenvalue weighted by Crippen LogP contribution is 2.22. The number of imidazole rings is 1. The van der Waals surface area contributed by atoms with E-state index < -0.39 is 0 Å². The molecule has 0 saturated carbocycles. The summed E-state index contributed by atoms with van der Waals surface area (Å²) >= 11 is 0. The van der Waals surface area contributed by atoms with E-state index in [4.69, 9.17) is 0 Å². The van der Waals surface area contributed by atoms with E-state index in [2.05, 4.69) is 20.3 Å². The second kappa shape index (κ2) is 4.06. The minimum absolute atomic E-state index is 0.333. The van der Waals surface area contributed by atoms with E-state index in [0.717, 1.165) is 0 Å². The molecule has 90 valence electrons. The fourth-order valence-corrected chi connectivity index (χ4v) is 1.73. The normalized spacial score (nSPS) is 10.8. The Kier molecular flexibility index (Phi) is 2.40. The van der Waals surface area contributed by atoms with Crippen LogP contribution in [0.15, 0.2) is 36.9 Å². The summed E-state index contributed by atoms with van der Waals surface area (Å²) < 4.78 is 15.3. The van der Waals surface area contributed by atoms with Crippen molar-refractivity contribution in [3.05, 3.63) is 42.7 Å². The Hall–Kier alpha value is -2.50. The zero-order chi connectivity index (χ0) is 12.5. The standard InChI is InChI=1S/C12H10FN5/c1-18-7-16-10-11(14-6-15-12(10)18)17-9-5-3-2-4-8(9)13/h2-7H,1H3,(H,14,15,17). The van der Waals surface area contributed by atoms with Gasteiger partial charge in [0.05, 0.1) is 12.0 Å². The predicted octanol–water partition coefficient (Wildman–Crippen LogP) is 2.25. The van der Waals surface area contributed by atoms with Gasteiger partial charge in [0, 0.05) is 7.05 Å². The van der Waals surface area contributed by atoms with E-state index in [1.807, 2.05) is 7.05 Å². The molecule has 0 amide bonds. The van der Waals surface area contributed by atoms with Crippen LogP contribution in [-0.4, -0.2) is 19.5 Å². The van der Waals surface area contributed by atoms with Crippen molar-refractivity contribution in [2.75, 3.05) is 5.32 Å². The van der Waals surface area contributed by atoms with Gasteiger partial charge in [-0.15, -0.1) is 0 Å². The van der Waals surface area contributed by atoms with Gasteiger partial charge in [0.1, 0.15) is 12.1 Å². The first-order valence-electron chi connectivity index (χ1n) is 5.39. The quantitative estimate of drug-likeness (QED) is 0.750. The van der Waals surface area contributed by atoms with Crippen molar-refractivity contribution in [1.82, 2.24) is 19.5 Å². The Morgan fingerprint density at radius 3 is 2.83 bits per heavy atom. The molecule has 5 nitrogen and oxygen atoms in total. The zero-order valence-corrected chi connectivity index (χ0v) is 9.63. The summed E-state index contributed by atoms with van der Waals surface area (Å²) in [5.74, 6) is 0.158. The highest BCUT2D eigenvalue weighted by atomic mass is 19.1. The first-order valence-corrected chi connectivity index (χ1v) is 5.39. The van der Waals surface area contributed by atoms with Gasteiger partial charge in [-0.2, -0.15) is 0 Å². The molecule has 6 heteroatoms. The lowest BCUT2D eigenvalue weighted by Crippen LogP contribution is -1.98. The summed E-state index contributed by atoms with van der Waals surface area (Å²) in [5.41, 5.74) is 1.68. The lowest BCUT2D eigenvalue weighted by Gasteiger charge is -2.06. The third-order valence-corrected chi connectivity index (χ3v) is 2.62. The summed E-state index contributed by atoms with van der Waals surface area (Å²) in [6.07, 6.45) is 3.07. The van der Waals surface area contributed by atoms with Gasteiger partial charge in [0.2, 0.25) is 0 Å². The largest absolute Gasteiger partial charge is 0.336 e. The van der Waals surface area contributed by atoms with Crippen LogP contribution in [0, 0.1) is 5.82 Å². The molecule has 0 atom stereocenters. The van der Waals surface area contributed by atoms with Crippen LogP contribution < -0.4 is 5.32 Å². The Labute approximate surface area is 102 Å². The summed E-state index contributed by atoms with van der Waals surface area (Å²) in [5, 5.41) is 2.93. The van der Waals surface area contributed by atoms with Crippen LogP contribution in [0.2, 0.25) is 0 Å². The van der Waals surface area contributed by atoms with Crippen molar-refractivity contribution in [2.45, 2.75) is 0 Å². The Morgan fingerprint density at radius 2 is 2.00 bits per heavy atom. The van der Waals surface area contributed by atoms with Crippen molar-refractivity contribution < 1.29 is 4.39 Å². The molecule has 0 bridgehead atoms. The number of rotatable bonds is 2. The molecule has 0 spiro atoms. The average molecular weight is 243 g/mol. The predicted molar refractivity (Wildman–Crippen MR) is 66.0 cm³/mol. The first kappa shape index (κ1) is 10.6. The van der Waals surface area contributed by atoms with E-state index in [0.29, 0.717) is 22.7 Å². The molecule has 0 unspecified atom stereocenters. The molecule has 2 heterocycles. The third kappa shape index (κ3) is 1.67. The van der Waals surface area contributed by atoms with E-state index in [-0.39, 0.29) is 5.82 Å². The van der Waals surface area contributed by atoms with Crippen molar-refractivity contribution in [3.8, 4) is 0 Å². The van der Waals surface area contributed by atoms with Crippen LogP contribution >= 0.6 is 0 Å². The maximum atomic E-state index is 13.5. The molecule has 0 aliphatic rings. The van der Waals surface area contributed by atoms with Gasteiger partial charge < -0.3 is 9.88 Å². The zero-order valence-electron chi connectivity index (χ0n) is 9.63. The summed E-state index contributed by atoms with van der Waals surface area (Å²) in [6.45, 7) is 0. The summed E-state index contributed by atoms with van der Waals surface area (Å²) in [7, 11) is 1.84. The van der Waals surface area contributed by atoms with Crippen LogP contribution in [-0.2, 0) is 7.05 Å². The van der Waals surface area contributed by atoms with Gasteiger partial charge in [0.25, 0.3) is 0 Å². The van der Waals surface area contributed by atoms with Crippen LogP contribution in [0.4, 0.5) is 15.9 Å². The smallest absolute Gasteiger partial charge is 0.165 e. The van der Waals surface area contributed by atoms with Crippen LogP contribution in [0.1, 0.15) is 0 Å². The van der Waals surface area contributed by atoms with Crippen molar-refractivity contribution in [2.24, 2.45) is 7.05 Å². The molecule has 0 aliphatic heterocycles. The van der Waals surface area contributed by atoms with Gasteiger partial charge in [-0.3, -0.25) is 0 Å². The molecule has 1 N–H and O–H groups in total. The van der Waals surface area contributed by atoms with Crippen molar-refractivity contribution in [1.29, 1.82) is 0 Å². The van der Waals surface area contributed by atoms with E-state index >= 15 is 0 Å². The van der Waals surface area contributed by atoms with Crippen LogP contribution in [0.25, 0.3) is 11.2 Å². The van der Waals surface area contributed by atoms with Crippen molar-refractivity contribution >= 4 is 22.7 Å². The number of benzene rings is 1. The molecule has 1 aromatic carbocycles. The molecule has 18 heavy (non-hydrogen) atoms. The number of halogens is 1. The SMILES string of the molecule is Cn1cnc2c(Nc3ccccc3F)ncnc21. The Balaban J connectivity index is 2.08.